The molecule has 4 unspecified atom stereocenters. The van der Waals surface area contributed by atoms with Crippen LogP contribution in [0, 0.1) is 5.92 Å². The molecule has 0 spiro atoms. The maximum Gasteiger partial charge on any atom is 0.231 e. The van der Waals surface area contributed by atoms with Crippen molar-refractivity contribution in [3.8, 4) is 0 Å². The summed E-state index contributed by atoms with van der Waals surface area (Å²) >= 11 is 0. The van der Waals surface area contributed by atoms with Gasteiger partial charge in [0.1, 0.15) is 0 Å². The highest BCUT2D eigenvalue weighted by Gasteiger charge is 2.30. The van der Waals surface area contributed by atoms with Gasteiger partial charge >= 0.3 is 0 Å². The van der Waals surface area contributed by atoms with Gasteiger partial charge in [0.05, 0.1) is 5.92 Å². The molecule has 1 aromatic rings. The third-order valence-electron chi connectivity index (χ3n) is 4.83. The predicted octanol–water partition coefficient (Wildman–Crippen LogP) is 3.85. The maximum atomic E-state index is 5.57. The number of hydrogen-bond acceptors (Lipinski definition) is 4. The van der Waals surface area contributed by atoms with Crippen molar-refractivity contribution in [2.75, 3.05) is 6.54 Å². The molecule has 1 heterocycles. The monoisotopic (exact) mass is 279 g/mol. The van der Waals surface area contributed by atoms with Crippen LogP contribution >= 0.6 is 0 Å². The van der Waals surface area contributed by atoms with E-state index in [2.05, 4.69) is 38.2 Å². The van der Waals surface area contributed by atoms with Crippen molar-refractivity contribution >= 4 is 0 Å². The van der Waals surface area contributed by atoms with Gasteiger partial charge < -0.3 is 9.84 Å². The van der Waals surface area contributed by atoms with Crippen molar-refractivity contribution < 1.29 is 4.52 Å². The number of rotatable bonds is 7. The van der Waals surface area contributed by atoms with Crippen LogP contribution in [-0.4, -0.2) is 22.7 Å². The summed E-state index contributed by atoms with van der Waals surface area (Å²) in [5.74, 6) is 3.45. The first kappa shape index (κ1) is 15.5. The van der Waals surface area contributed by atoms with E-state index >= 15 is 0 Å². The van der Waals surface area contributed by atoms with Crippen molar-refractivity contribution in [1.29, 1.82) is 0 Å². The summed E-state index contributed by atoms with van der Waals surface area (Å²) in [5, 5.41) is 7.73. The molecule has 1 aliphatic carbocycles. The van der Waals surface area contributed by atoms with Crippen LogP contribution in [0.25, 0.3) is 0 Å². The highest BCUT2D eigenvalue weighted by Crippen LogP contribution is 2.38. The van der Waals surface area contributed by atoms with Crippen LogP contribution < -0.4 is 5.32 Å². The molecule has 0 amide bonds. The summed E-state index contributed by atoms with van der Waals surface area (Å²) < 4.78 is 5.57. The topological polar surface area (TPSA) is 51.0 Å². The zero-order valence-electron chi connectivity index (χ0n) is 13.4. The fourth-order valence-corrected chi connectivity index (χ4v) is 3.45. The average Bonchev–Trinajstić information content (AvgIpc) is 3.08. The normalized spacial score (nSPS) is 25.8. The highest BCUT2D eigenvalue weighted by molar-refractivity contribution is 5.03. The molecule has 4 atom stereocenters. The number of aromatic nitrogens is 2. The summed E-state index contributed by atoms with van der Waals surface area (Å²) in [5.41, 5.74) is 0. The predicted molar refractivity (Wildman–Crippen MR) is 80.8 cm³/mol. The second-order valence-electron chi connectivity index (χ2n) is 6.14. The summed E-state index contributed by atoms with van der Waals surface area (Å²) in [7, 11) is 0. The highest BCUT2D eigenvalue weighted by atomic mass is 16.5. The molecule has 0 radical (unpaired) electrons. The Morgan fingerprint density at radius 3 is 2.70 bits per heavy atom. The zero-order valence-corrected chi connectivity index (χ0v) is 13.4. The largest absolute Gasteiger partial charge is 0.339 e. The van der Waals surface area contributed by atoms with E-state index in [1.165, 1.54) is 25.7 Å². The number of nitrogens with one attached hydrogen (secondary N) is 1. The Morgan fingerprint density at radius 1 is 1.30 bits per heavy atom. The third-order valence-corrected chi connectivity index (χ3v) is 4.83. The quantitative estimate of drug-likeness (QED) is 0.823. The van der Waals surface area contributed by atoms with Gasteiger partial charge in [0.15, 0.2) is 5.82 Å². The second-order valence-corrected chi connectivity index (χ2v) is 6.14. The van der Waals surface area contributed by atoms with Gasteiger partial charge in [0, 0.05) is 12.0 Å². The van der Waals surface area contributed by atoms with E-state index < -0.39 is 0 Å². The molecule has 1 saturated carbocycles. The summed E-state index contributed by atoms with van der Waals surface area (Å²) in [6, 6.07) is 0.380. The van der Waals surface area contributed by atoms with Gasteiger partial charge in [-0.1, -0.05) is 32.3 Å². The Kier molecular flexibility index (Phi) is 5.58. The molecular formula is C16H29N3O. The molecule has 0 saturated heterocycles. The van der Waals surface area contributed by atoms with Crippen LogP contribution in [0.5, 0.6) is 0 Å². The Hall–Kier alpha value is -0.900. The molecule has 2 rings (SSSR count). The minimum atomic E-state index is 0.319. The molecule has 0 aromatic carbocycles. The Balaban J connectivity index is 2.04. The van der Waals surface area contributed by atoms with E-state index in [1.807, 2.05) is 0 Å². The summed E-state index contributed by atoms with van der Waals surface area (Å²) in [6.45, 7) is 9.76. The van der Waals surface area contributed by atoms with Gasteiger partial charge in [-0.25, -0.2) is 0 Å². The van der Waals surface area contributed by atoms with Crippen LogP contribution in [0.4, 0.5) is 0 Å². The molecule has 1 aliphatic rings. The van der Waals surface area contributed by atoms with Gasteiger partial charge in [-0.05, 0) is 45.1 Å². The Bertz CT molecular complexity index is 404. The van der Waals surface area contributed by atoms with E-state index in [0.29, 0.717) is 17.9 Å². The number of likely N-dealkylation sites (N-methyl/N-ethyl adjacent to an activating group) is 1. The van der Waals surface area contributed by atoms with Gasteiger partial charge in [-0.3, -0.25) is 0 Å². The van der Waals surface area contributed by atoms with Gasteiger partial charge in [0.25, 0.3) is 0 Å². The van der Waals surface area contributed by atoms with Gasteiger partial charge in [0.2, 0.25) is 5.89 Å². The van der Waals surface area contributed by atoms with Crippen LogP contribution in [0.3, 0.4) is 0 Å². The molecule has 1 aromatic heterocycles. The van der Waals surface area contributed by atoms with Crippen molar-refractivity contribution in [2.24, 2.45) is 5.92 Å². The smallest absolute Gasteiger partial charge is 0.231 e. The lowest BCUT2D eigenvalue weighted by Crippen LogP contribution is -2.31. The minimum absolute atomic E-state index is 0.319. The standard InChI is InChI=1S/C16H29N3O/c1-5-12-8-9-13(10-12)15-18-16(20-19-15)14(6-2)11(4)17-7-3/h11-14,17H,5-10H2,1-4H3. The first-order valence-corrected chi connectivity index (χ1v) is 8.26. The molecule has 4 heteroatoms. The van der Waals surface area contributed by atoms with E-state index in [0.717, 1.165) is 30.6 Å². The molecule has 114 valence electrons. The lowest BCUT2D eigenvalue weighted by atomic mass is 9.98. The molecule has 0 bridgehead atoms. The van der Waals surface area contributed by atoms with Crippen molar-refractivity contribution in [2.45, 2.75) is 77.7 Å². The van der Waals surface area contributed by atoms with Crippen LogP contribution in [0.1, 0.15) is 83.3 Å². The van der Waals surface area contributed by atoms with Gasteiger partial charge in [-0.15, -0.1) is 0 Å². The van der Waals surface area contributed by atoms with E-state index in [9.17, 15) is 0 Å². The van der Waals surface area contributed by atoms with E-state index in [-0.39, 0.29) is 0 Å². The average molecular weight is 279 g/mol. The summed E-state index contributed by atoms with van der Waals surface area (Å²) in [4.78, 5) is 4.72. The lowest BCUT2D eigenvalue weighted by Gasteiger charge is -2.19. The molecule has 1 fully saturated rings. The third kappa shape index (κ3) is 3.40. The fraction of sp³-hybridized carbons (Fsp3) is 0.875. The van der Waals surface area contributed by atoms with E-state index in [1.54, 1.807) is 0 Å². The van der Waals surface area contributed by atoms with Gasteiger partial charge in [-0.2, -0.15) is 4.98 Å². The minimum Gasteiger partial charge on any atom is -0.339 e. The molecule has 20 heavy (non-hydrogen) atoms. The SMILES string of the molecule is CCNC(C)C(CC)c1nc(C2CCC(CC)C2)no1. The number of hydrogen-bond donors (Lipinski definition) is 1. The van der Waals surface area contributed by atoms with Crippen LogP contribution in [0.15, 0.2) is 4.52 Å². The Labute approximate surface area is 122 Å². The van der Waals surface area contributed by atoms with Crippen LogP contribution in [-0.2, 0) is 0 Å². The van der Waals surface area contributed by atoms with Crippen molar-refractivity contribution in [3.63, 3.8) is 0 Å². The van der Waals surface area contributed by atoms with Crippen molar-refractivity contribution in [3.05, 3.63) is 11.7 Å². The number of nitrogens with zero attached hydrogens (tertiary/aromatic N) is 2. The lowest BCUT2D eigenvalue weighted by molar-refractivity contribution is 0.314. The zero-order chi connectivity index (χ0) is 14.5. The van der Waals surface area contributed by atoms with E-state index in [4.69, 9.17) is 9.51 Å². The second kappa shape index (κ2) is 7.21. The fourth-order valence-electron chi connectivity index (χ4n) is 3.45. The van der Waals surface area contributed by atoms with Crippen LogP contribution in [0.2, 0.25) is 0 Å². The molecule has 0 aliphatic heterocycles. The summed E-state index contributed by atoms with van der Waals surface area (Å²) in [6.07, 6.45) is 6.07. The maximum absolute atomic E-state index is 5.57. The first-order valence-electron chi connectivity index (χ1n) is 8.26. The van der Waals surface area contributed by atoms with Crippen molar-refractivity contribution in [1.82, 2.24) is 15.5 Å². The molecular weight excluding hydrogens is 250 g/mol. The first-order chi connectivity index (χ1) is 9.69. The Morgan fingerprint density at radius 2 is 2.10 bits per heavy atom. The molecule has 4 nitrogen and oxygen atoms in total. The molecule has 1 N–H and O–H groups in total.